The van der Waals surface area contributed by atoms with Crippen LogP contribution in [0.1, 0.15) is 42.4 Å². The summed E-state index contributed by atoms with van der Waals surface area (Å²) in [5.41, 5.74) is 6.21. The number of nitrogens with zero attached hydrogens (tertiary/aromatic N) is 3. The minimum absolute atomic E-state index is 0.123. The number of aromatic nitrogens is 2. The van der Waals surface area contributed by atoms with E-state index in [0.717, 1.165) is 37.3 Å². The summed E-state index contributed by atoms with van der Waals surface area (Å²) in [6.45, 7) is 4.57. The Morgan fingerprint density at radius 3 is 2.71 bits per heavy atom. The molecule has 4 rings (SSSR count). The Balaban J connectivity index is 1.74. The zero-order valence-corrected chi connectivity index (χ0v) is 16.4. The maximum atomic E-state index is 12.1. The molecule has 0 atom stereocenters. The molecule has 0 radical (unpaired) electrons. The average molecular weight is 381 g/mol. The number of carbonyl (C=O) groups excluding carboxylic acids is 1. The summed E-state index contributed by atoms with van der Waals surface area (Å²) >= 11 is 0. The van der Waals surface area contributed by atoms with E-state index in [1.54, 1.807) is 4.90 Å². The molecule has 6 heteroatoms. The van der Waals surface area contributed by atoms with Crippen LogP contribution in [-0.4, -0.2) is 52.0 Å². The third kappa shape index (κ3) is 3.44. The van der Waals surface area contributed by atoms with Gasteiger partial charge in [-0.25, -0.2) is 9.78 Å². The summed E-state index contributed by atoms with van der Waals surface area (Å²) in [6, 6.07) is 8.56. The highest BCUT2D eigenvalue weighted by Gasteiger charge is 2.27. The van der Waals surface area contributed by atoms with E-state index in [1.807, 2.05) is 13.1 Å². The number of aliphatic hydroxyl groups is 1. The molecular formula is C22H27N3O3. The first-order chi connectivity index (χ1) is 13.7. The third-order valence-electron chi connectivity index (χ3n) is 5.67. The molecule has 1 fully saturated rings. The fraction of sp³-hybridized carbons (Fsp3) is 0.455. The first-order valence-corrected chi connectivity index (χ1v) is 10.1. The van der Waals surface area contributed by atoms with Gasteiger partial charge in [0.25, 0.3) is 0 Å². The number of fused-ring (bicyclic) bond motifs is 2. The number of rotatable bonds is 3. The number of ether oxygens (including phenoxy) is 1. The Morgan fingerprint density at radius 2 is 1.96 bits per heavy atom. The van der Waals surface area contributed by atoms with Gasteiger partial charge >= 0.3 is 6.09 Å². The molecule has 2 aromatic rings. The fourth-order valence-electron chi connectivity index (χ4n) is 4.28. The summed E-state index contributed by atoms with van der Waals surface area (Å²) in [5.74, 6) is 0.994. The second kappa shape index (κ2) is 8.19. The fourth-order valence-corrected chi connectivity index (χ4v) is 4.28. The second-order valence-electron chi connectivity index (χ2n) is 7.27. The van der Waals surface area contributed by atoms with Crippen molar-refractivity contribution in [2.75, 3.05) is 26.3 Å². The first-order valence-electron chi connectivity index (χ1n) is 10.1. The van der Waals surface area contributed by atoms with Crippen molar-refractivity contribution < 1.29 is 14.6 Å². The molecule has 148 valence electrons. The Bertz CT molecular complexity index is 890. The van der Waals surface area contributed by atoms with E-state index in [2.05, 4.69) is 28.8 Å². The zero-order valence-electron chi connectivity index (χ0n) is 16.4. The topological polar surface area (TPSA) is 67.6 Å². The minimum Gasteiger partial charge on any atom is -0.450 e. The van der Waals surface area contributed by atoms with E-state index >= 15 is 0 Å². The van der Waals surface area contributed by atoms with Crippen LogP contribution in [0, 0.1) is 0 Å². The largest absolute Gasteiger partial charge is 0.450 e. The van der Waals surface area contributed by atoms with E-state index in [1.165, 1.54) is 22.3 Å². The van der Waals surface area contributed by atoms with Crippen molar-refractivity contribution in [3.8, 4) is 0 Å². The maximum Gasteiger partial charge on any atom is 0.409 e. The molecule has 1 amide bonds. The lowest BCUT2D eigenvalue weighted by Gasteiger charge is -2.29. The van der Waals surface area contributed by atoms with Crippen LogP contribution in [0.4, 0.5) is 4.79 Å². The van der Waals surface area contributed by atoms with Crippen molar-refractivity contribution in [3.63, 3.8) is 0 Å². The van der Waals surface area contributed by atoms with Crippen LogP contribution >= 0.6 is 0 Å². The quantitative estimate of drug-likeness (QED) is 0.887. The molecule has 1 aromatic carbocycles. The molecule has 0 unspecified atom stereocenters. The highest BCUT2D eigenvalue weighted by atomic mass is 16.6. The van der Waals surface area contributed by atoms with Crippen molar-refractivity contribution in [2.45, 2.75) is 39.2 Å². The number of carbonyl (C=O) groups is 1. The Labute approximate surface area is 165 Å². The highest BCUT2D eigenvalue weighted by molar-refractivity contribution is 5.82. The van der Waals surface area contributed by atoms with E-state index in [0.29, 0.717) is 26.1 Å². The van der Waals surface area contributed by atoms with Gasteiger partial charge in [0, 0.05) is 50.1 Å². The third-order valence-corrected chi connectivity index (χ3v) is 5.67. The lowest BCUT2D eigenvalue weighted by molar-refractivity contribution is 0.104. The molecule has 0 bridgehead atoms. The molecule has 3 heterocycles. The molecule has 0 saturated carbocycles. The van der Waals surface area contributed by atoms with Gasteiger partial charge in [0.1, 0.15) is 5.82 Å². The van der Waals surface area contributed by atoms with Crippen molar-refractivity contribution in [1.29, 1.82) is 0 Å². The van der Waals surface area contributed by atoms with Gasteiger partial charge in [-0.05, 0) is 37.3 Å². The SMILES string of the molecule is CCOC(=O)N1CCC(=C2c3ccccc3CCn3c(CCO)cnc32)CC1. The van der Waals surface area contributed by atoms with Crippen LogP contribution in [0.5, 0.6) is 0 Å². The Kier molecular flexibility index (Phi) is 5.48. The standard InChI is InChI=1S/C22H27N3O3/c1-2-28-22(27)24-11-7-17(8-12-24)20-19-6-4-3-5-16(19)9-13-25-18(10-14-26)15-23-21(20)25/h3-6,15,26H,2,7-14H2,1H3. The van der Waals surface area contributed by atoms with Crippen LogP contribution in [0.2, 0.25) is 0 Å². The van der Waals surface area contributed by atoms with Gasteiger partial charge in [-0.1, -0.05) is 29.8 Å². The monoisotopic (exact) mass is 381 g/mol. The highest BCUT2D eigenvalue weighted by Crippen LogP contribution is 2.36. The number of amides is 1. The van der Waals surface area contributed by atoms with Gasteiger partial charge in [-0.3, -0.25) is 0 Å². The lowest BCUT2D eigenvalue weighted by Crippen LogP contribution is -2.37. The summed E-state index contributed by atoms with van der Waals surface area (Å²) in [5, 5.41) is 9.42. The summed E-state index contributed by atoms with van der Waals surface area (Å²) in [6.07, 6.45) is 4.88. The Hall–Kier alpha value is -2.60. The lowest BCUT2D eigenvalue weighted by atomic mass is 9.90. The molecule has 1 N–H and O–H groups in total. The van der Waals surface area contributed by atoms with Gasteiger partial charge < -0.3 is 19.3 Å². The van der Waals surface area contributed by atoms with Gasteiger partial charge in [0.05, 0.1) is 6.61 Å². The van der Waals surface area contributed by atoms with Crippen molar-refractivity contribution in [2.24, 2.45) is 0 Å². The number of imidazole rings is 1. The maximum absolute atomic E-state index is 12.1. The number of benzene rings is 1. The average Bonchev–Trinajstić information content (AvgIpc) is 3.02. The van der Waals surface area contributed by atoms with E-state index < -0.39 is 0 Å². The number of hydrogen-bond donors (Lipinski definition) is 1. The smallest absolute Gasteiger partial charge is 0.409 e. The van der Waals surface area contributed by atoms with Crippen LogP contribution in [0.3, 0.4) is 0 Å². The van der Waals surface area contributed by atoms with Gasteiger partial charge in [0.2, 0.25) is 0 Å². The van der Waals surface area contributed by atoms with Crippen LogP contribution < -0.4 is 0 Å². The molecular weight excluding hydrogens is 354 g/mol. The molecule has 0 aliphatic carbocycles. The van der Waals surface area contributed by atoms with Crippen molar-refractivity contribution in [3.05, 3.63) is 58.7 Å². The van der Waals surface area contributed by atoms with E-state index in [9.17, 15) is 9.90 Å². The first kappa shape index (κ1) is 18.7. The number of piperidine rings is 1. The molecule has 6 nitrogen and oxygen atoms in total. The molecule has 28 heavy (non-hydrogen) atoms. The predicted molar refractivity (Wildman–Crippen MR) is 107 cm³/mol. The molecule has 1 aromatic heterocycles. The molecule has 2 aliphatic rings. The van der Waals surface area contributed by atoms with Gasteiger partial charge in [-0.15, -0.1) is 0 Å². The second-order valence-corrected chi connectivity index (χ2v) is 7.27. The van der Waals surface area contributed by atoms with Crippen LogP contribution in [0.15, 0.2) is 36.0 Å². The van der Waals surface area contributed by atoms with E-state index in [4.69, 9.17) is 9.72 Å². The summed E-state index contributed by atoms with van der Waals surface area (Å²) < 4.78 is 7.42. The molecule has 0 spiro atoms. The molecule has 1 saturated heterocycles. The minimum atomic E-state index is -0.223. The summed E-state index contributed by atoms with van der Waals surface area (Å²) in [4.78, 5) is 18.6. The summed E-state index contributed by atoms with van der Waals surface area (Å²) in [7, 11) is 0. The van der Waals surface area contributed by atoms with Crippen molar-refractivity contribution in [1.82, 2.24) is 14.5 Å². The Morgan fingerprint density at radius 1 is 1.18 bits per heavy atom. The van der Waals surface area contributed by atoms with Gasteiger partial charge in [-0.2, -0.15) is 0 Å². The number of aliphatic hydroxyl groups excluding tert-OH is 1. The number of aryl methyl sites for hydroxylation is 1. The van der Waals surface area contributed by atoms with Crippen LogP contribution in [-0.2, 0) is 24.1 Å². The normalized spacial score (nSPS) is 16.4. The van der Waals surface area contributed by atoms with Gasteiger partial charge in [0.15, 0.2) is 0 Å². The van der Waals surface area contributed by atoms with E-state index in [-0.39, 0.29) is 12.7 Å². The number of hydrogen-bond acceptors (Lipinski definition) is 4. The number of likely N-dealkylation sites (tertiary alicyclic amines) is 1. The van der Waals surface area contributed by atoms with Crippen molar-refractivity contribution >= 4 is 11.7 Å². The van der Waals surface area contributed by atoms with Crippen LogP contribution in [0.25, 0.3) is 5.57 Å². The zero-order chi connectivity index (χ0) is 19.5. The molecule has 2 aliphatic heterocycles. The predicted octanol–water partition coefficient (Wildman–Crippen LogP) is 3.03.